The van der Waals surface area contributed by atoms with Crippen molar-refractivity contribution in [3.63, 3.8) is 0 Å². The monoisotopic (exact) mass is 413 g/mol. The molecule has 3 atom stereocenters. The molecule has 3 rings (SSSR count). The molecule has 0 amide bonds. The summed E-state index contributed by atoms with van der Waals surface area (Å²) in [6, 6.07) is 15.0. The van der Waals surface area contributed by atoms with Crippen molar-refractivity contribution >= 4 is 0 Å². The molecule has 0 fully saturated rings. The molecule has 164 valence electrons. The molecule has 2 aromatic carbocycles. The van der Waals surface area contributed by atoms with Crippen LogP contribution >= 0.6 is 0 Å². The Balaban J connectivity index is 1.96. The second kappa shape index (κ2) is 10.8. The summed E-state index contributed by atoms with van der Waals surface area (Å²) in [6.45, 7) is 10.6. The second-order valence-electron chi connectivity index (χ2n) is 7.38. The lowest BCUT2D eigenvalue weighted by Gasteiger charge is -2.45. The molecule has 1 aliphatic rings. The normalized spacial score (nSPS) is 21.3. The minimum Gasteiger partial charge on any atom is -0.490 e. The lowest BCUT2D eigenvalue weighted by Crippen LogP contribution is -2.47. The zero-order valence-corrected chi connectivity index (χ0v) is 18.9. The maximum absolute atomic E-state index is 6.15. The summed E-state index contributed by atoms with van der Waals surface area (Å²) < 4.78 is 23.9. The molecule has 1 heterocycles. The van der Waals surface area contributed by atoms with E-state index in [2.05, 4.69) is 48.3 Å². The van der Waals surface area contributed by atoms with Gasteiger partial charge in [0.1, 0.15) is 12.3 Å². The summed E-state index contributed by atoms with van der Waals surface area (Å²) in [6.07, 6.45) is 0.637. The molecule has 3 unspecified atom stereocenters. The largest absolute Gasteiger partial charge is 0.490 e. The van der Waals surface area contributed by atoms with E-state index in [1.807, 2.05) is 33.8 Å². The molecule has 0 spiro atoms. The number of nitrogens with zero attached hydrogens (tertiary/aromatic N) is 1. The Morgan fingerprint density at radius 2 is 1.43 bits per heavy atom. The van der Waals surface area contributed by atoms with E-state index in [1.54, 1.807) is 0 Å². The first-order valence-electron chi connectivity index (χ1n) is 11.1. The Morgan fingerprint density at radius 1 is 0.767 bits per heavy atom. The van der Waals surface area contributed by atoms with E-state index in [4.69, 9.17) is 18.9 Å². The van der Waals surface area contributed by atoms with Gasteiger partial charge in [-0.05, 0) is 70.0 Å². The van der Waals surface area contributed by atoms with E-state index in [0.29, 0.717) is 26.4 Å². The summed E-state index contributed by atoms with van der Waals surface area (Å²) in [4.78, 5) is 2.31. The van der Waals surface area contributed by atoms with Crippen molar-refractivity contribution in [3.05, 3.63) is 59.2 Å². The van der Waals surface area contributed by atoms with Crippen LogP contribution in [0.4, 0.5) is 0 Å². The van der Waals surface area contributed by atoms with Gasteiger partial charge in [0, 0.05) is 19.3 Å². The van der Waals surface area contributed by atoms with Crippen LogP contribution in [0.15, 0.2) is 42.5 Å². The van der Waals surface area contributed by atoms with Crippen molar-refractivity contribution in [2.24, 2.45) is 0 Å². The maximum Gasteiger partial charge on any atom is 0.161 e. The first-order valence-corrected chi connectivity index (χ1v) is 11.1. The van der Waals surface area contributed by atoms with Crippen LogP contribution in [0.3, 0.4) is 0 Å². The van der Waals surface area contributed by atoms with Gasteiger partial charge in [0.2, 0.25) is 0 Å². The Hall–Kier alpha value is -2.08. The van der Waals surface area contributed by atoms with Crippen molar-refractivity contribution in [3.8, 4) is 11.5 Å². The summed E-state index contributed by atoms with van der Waals surface area (Å²) in [5.74, 6) is 1.60. The molecule has 1 aliphatic heterocycles. The van der Waals surface area contributed by atoms with E-state index in [1.165, 1.54) is 16.7 Å². The highest BCUT2D eigenvalue weighted by Gasteiger charge is 2.40. The van der Waals surface area contributed by atoms with Gasteiger partial charge in [0.05, 0.1) is 13.2 Å². The van der Waals surface area contributed by atoms with Crippen LogP contribution in [0.5, 0.6) is 11.5 Å². The number of benzene rings is 2. The number of hydrogen-bond acceptors (Lipinski definition) is 5. The van der Waals surface area contributed by atoms with E-state index >= 15 is 0 Å². The topological polar surface area (TPSA) is 40.2 Å². The predicted octanol–water partition coefficient (Wildman–Crippen LogP) is 5.15. The number of fused-ring (bicyclic) bond motifs is 1. The predicted molar refractivity (Wildman–Crippen MR) is 119 cm³/mol. The van der Waals surface area contributed by atoms with Gasteiger partial charge in [0.15, 0.2) is 11.5 Å². The Bertz CT molecular complexity index is 809. The molecular weight excluding hydrogens is 378 g/mol. The first kappa shape index (κ1) is 22.6. The summed E-state index contributed by atoms with van der Waals surface area (Å²) in [5.41, 5.74) is 3.72. The minimum absolute atomic E-state index is 0.0910. The average molecular weight is 414 g/mol. The van der Waals surface area contributed by atoms with Gasteiger partial charge in [-0.2, -0.15) is 0 Å². The molecular formula is C25H35NO4. The third kappa shape index (κ3) is 4.80. The standard InChI is InChI=1S/C25H35NO4/c1-6-27-22-15-14-18(17-23(22)28-7-2)16-21-19-12-10-11-13-20(19)24(29-8-3)25(26(21)5)30-9-4/h10-15,17,21,24-25H,6-9,16H2,1-5H3. The highest BCUT2D eigenvalue weighted by molar-refractivity contribution is 5.44. The van der Waals surface area contributed by atoms with E-state index in [0.717, 1.165) is 17.9 Å². The Morgan fingerprint density at radius 3 is 2.10 bits per heavy atom. The second-order valence-corrected chi connectivity index (χ2v) is 7.38. The quantitative estimate of drug-likeness (QED) is 0.538. The van der Waals surface area contributed by atoms with E-state index in [9.17, 15) is 0 Å². The third-order valence-electron chi connectivity index (χ3n) is 5.53. The van der Waals surface area contributed by atoms with Gasteiger partial charge in [-0.1, -0.05) is 30.3 Å². The van der Waals surface area contributed by atoms with Crippen LogP contribution in [0.1, 0.15) is 56.5 Å². The fraction of sp³-hybridized carbons (Fsp3) is 0.520. The molecule has 0 radical (unpaired) electrons. The molecule has 30 heavy (non-hydrogen) atoms. The van der Waals surface area contributed by atoms with Crippen LogP contribution in [-0.4, -0.2) is 44.6 Å². The van der Waals surface area contributed by atoms with Crippen LogP contribution in [0, 0.1) is 0 Å². The highest BCUT2D eigenvalue weighted by Crippen LogP contribution is 2.42. The molecule has 2 aromatic rings. The molecule has 0 bridgehead atoms. The van der Waals surface area contributed by atoms with Gasteiger partial charge >= 0.3 is 0 Å². The number of hydrogen-bond donors (Lipinski definition) is 0. The third-order valence-corrected chi connectivity index (χ3v) is 5.53. The van der Waals surface area contributed by atoms with E-state index in [-0.39, 0.29) is 18.4 Å². The molecule has 0 N–H and O–H groups in total. The zero-order chi connectivity index (χ0) is 21.5. The molecule has 0 saturated carbocycles. The minimum atomic E-state index is -0.121. The van der Waals surface area contributed by atoms with Crippen molar-refractivity contribution in [1.82, 2.24) is 4.90 Å². The summed E-state index contributed by atoms with van der Waals surface area (Å²) in [5, 5.41) is 0. The molecule has 5 nitrogen and oxygen atoms in total. The maximum atomic E-state index is 6.15. The fourth-order valence-electron chi connectivity index (χ4n) is 4.26. The van der Waals surface area contributed by atoms with Gasteiger partial charge in [-0.3, -0.25) is 4.90 Å². The van der Waals surface area contributed by atoms with Gasteiger partial charge in [0.25, 0.3) is 0 Å². The smallest absolute Gasteiger partial charge is 0.161 e. The first-order chi connectivity index (χ1) is 14.6. The van der Waals surface area contributed by atoms with Crippen molar-refractivity contribution in [2.75, 3.05) is 33.5 Å². The Labute approximate surface area is 180 Å². The van der Waals surface area contributed by atoms with Crippen LogP contribution in [0.2, 0.25) is 0 Å². The SMILES string of the molecule is CCOc1ccc(CC2c3ccccc3C(OCC)C(OCC)N2C)cc1OCC. The molecule has 0 aliphatic carbocycles. The van der Waals surface area contributed by atoms with Gasteiger partial charge in [-0.15, -0.1) is 0 Å². The average Bonchev–Trinajstić information content (AvgIpc) is 2.75. The van der Waals surface area contributed by atoms with Crippen LogP contribution in [0.25, 0.3) is 0 Å². The molecule has 0 saturated heterocycles. The number of ether oxygens (including phenoxy) is 4. The summed E-state index contributed by atoms with van der Waals surface area (Å²) in [7, 11) is 2.13. The number of rotatable bonds is 10. The lowest BCUT2D eigenvalue weighted by molar-refractivity contribution is -0.158. The fourth-order valence-corrected chi connectivity index (χ4v) is 4.26. The number of likely N-dealkylation sites (N-methyl/N-ethyl adjacent to an activating group) is 1. The Kier molecular flexibility index (Phi) is 8.14. The summed E-state index contributed by atoms with van der Waals surface area (Å²) >= 11 is 0. The zero-order valence-electron chi connectivity index (χ0n) is 18.9. The molecule has 0 aromatic heterocycles. The van der Waals surface area contributed by atoms with Crippen molar-refractivity contribution < 1.29 is 18.9 Å². The highest BCUT2D eigenvalue weighted by atomic mass is 16.6. The van der Waals surface area contributed by atoms with Crippen molar-refractivity contribution in [1.29, 1.82) is 0 Å². The van der Waals surface area contributed by atoms with Gasteiger partial charge in [-0.25, -0.2) is 0 Å². The van der Waals surface area contributed by atoms with Crippen LogP contribution in [-0.2, 0) is 15.9 Å². The van der Waals surface area contributed by atoms with Gasteiger partial charge < -0.3 is 18.9 Å². The lowest BCUT2D eigenvalue weighted by atomic mass is 9.86. The molecule has 5 heteroatoms. The van der Waals surface area contributed by atoms with Crippen molar-refractivity contribution in [2.45, 2.75) is 52.5 Å². The van der Waals surface area contributed by atoms with E-state index < -0.39 is 0 Å². The van der Waals surface area contributed by atoms with Crippen LogP contribution < -0.4 is 9.47 Å².